The smallest absolute Gasteiger partial charge is 0.242 e. The molecule has 0 saturated heterocycles. The number of para-hydroxylation sites is 1. The number of hydrogen-bond acceptors (Lipinski definition) is 3. The van der Waals surface area contributed by atoms with E-state index in [1.807, 2.05) is 33.8 Å². The lowest BCUT2D eigenvalue weighted by Gasteiger charge is -2.19. The molecule has 108 valence electrons. The number of anilines is 1. The fraction of sp³-hybridized carbons (Fsp3) is 0.571. The van der Waals surface area contributed by atoms with Gasteiger partial charge < -0.3 is 5.32 Å². The van der Waals surface area contributed by atoms with Crippen molar-refractivity contribution in [3.63, 3.8) is 0 Å². The lowest BCUT2D eigenvalue weighted by Crippen LogP contribution is -2.36. The third-order valence-electron chi connectivity index (χ3n) is 3.08. The molecule has 0 aliphatic carbocycles. The first-order valence-electron chi connectivity index (χ1n) is 6.73. The molecule has 1 unspecified atom stereocenters. The Hall–Kier alpha value is -1.07. The van der Waals surface area contributed by atoms with E-state index in [-0.39, 0.29) is 12.0 Å². The van der Waals surface area contributed by atoms with Crippen LogP contribution in [0.15, 0.2) is 29.2 Å². The third kappa shape index (κ3) is 4.51. The summed E-state index contributed by atoms with van der Waals surface area (Å²) in [6, 6.07) is 6.91. The predicted molar refractivity (Wildman–Crippen MR) is 79.8 cm³/mol. The van der Waals surface area contributed by atoms with Crippen molar-refractivity contribution in [3.8, 4) is 0 Å². The van der Waals surface area contributed by atoms with E-state index >= 15 is 0 Å². The first-order chi connectivity index (χ1) is 8.88. The van der Waals surface area contributed by atoms with Gasteiger partial charge in [-0.1, -0.05) is 32.9 Å². The Bertz CT molecular complexity index is 498. The van der Waals surface area contributed by atoms with Crippen LogP contribution in [0.25, 0.3) is 0 Å². The van der Waals surface area contributed by atoms with E-state index in [1.165, 1.54) is 0 Å². The molecule has 0 heterocycles. The topological polar surface area (TPSA) is 58.2 Å². The molecule has 1 aromatic carbocycles. The van der Waals surface area contributed by atoms with Crippen molar-refractivity contribution in [1.29, 1.82) is 0 Å². The minimum atomic E-state index is -3.48. The molecule has 0 aliphatic rings. The Morgan fingerprint density at radius 1 is 1.16 bits per heavy atom. The van der Waals surface area contributed by atoms with E-state index in [2.05, 4.69) is 10.0 Å². The van der Waals surface area contributed by atoms with Crippen LogP contribution in [0.2, 0.25) is 0 Å². The SMILES string of the molecule is CCCNc1ccccc1S(=O)(=O)NC(C)C(C)C. The first kappa shape index (κ1) is 16.0. The highest BCUT2D eigenvalue weighted by atomic mass is 32.2. The van der Waals surface area contributed by atoms with Crippen molar-refractivity contribution >= 4 is 15.7 Å². The summed E-state index contributed by atoms with van der Waals surface area (Å²) in [5.74, 6) is 0.255. The summed E-state index contributed by atoms with van der Waals surface area (Å²) in [4.78, 5) is 0.316. The van der Waals surface area contributed by atoms with Crippen molar-refractivity contribution in [2.24, 2.45) is 5.92 Å². The molecule has 4 nitrogen and oxygen atoms in total. The van der Waals surface area contributed by atoms with Gasteiger partial charge in [0.15, 0.2) is 0 Å². The van der Waals surface area contributed by atoms with Crippen molar-refractivity contribution in [1.82, 2.24) is 4.72 Å². The van der Waals surface area contributed by atoms with E-state index in [9.17, 15) is 8.42 Å². The molecule has 0 spiro atoms. The fourth-order valence-corrected chi connectivity index (χ4v) is 3.13. The van der Waals surface area contributed by atoms with Crippen LogP contribution in [-0.4, -0.2) is 21.0 Å². The summed E-state index contributed by atoms with van der Waals surface area (Å²) in [5.41, 5.74) is 0.660. The second kappa shape index (κ2) is 6.91. The van der Waals surface area contributed by atoms with Gasteiger partial charge in [0.2, 0.25) is 10.0 Å². The molecule has 0 radical (unpaired) electrons. The first-order valence-corrected chi connectivity index (χ1v) is 8.22. The molecule has 0 bridgehead atoms. The largest absolute Gasteiger partial charge is 0.384 e. The average molecular weight is 284 g/mol. The Labute approximate surface area is 116 Å². The Morgan fingerprint density at radius 2 is 1.79 bits per heavy atom. The van der Waals surface area contributed by atoms with Crippen LogP contribution in [0.1, 0.15) is 34.1 Å². The van der Waals surface area contributed by atoms with Crippen LogP contribution in [0.3, 0.4) is 0 Å². The van der Waals surface area contributed by atoms with Crippen LogP contribution in [0.4, 0.5) is 5.69 Å². The third-order valence-corrected chi connectivity index (χ3v) is 4.70. The van der Waals surface area contributed by atoms with E-state index in [0.717, 1.165) is 13.0 Å². The summed E-state index contributed by atoms with van der Waals surface area (Å²) in [5, 5.41) is 3.15. The standard InChI is InChI=1S/C14H24N2O2S/c1-5-10-15-13-8-6-7-9-14(13)19(17,18)16-12(4)11(2)3/h6-9,11-12,15-16H,5,10H2,1-4H3. The Morgan fingerprint density at radius 3 is 2.37 bits per heavy atom. The van der Waals surface area contributed by atoms with Gasteiger partial charge >= 0.3 is 0 Å². The van der Waals surface area contributed by atoms with Gasteiger partial charge in [-0.15, -0.1) is 0 Å². The number of nitrogens with one attached hydrogen (secondary N) is 2. The van der Waals surface area contributed by atoms with Gasteiger partial charge in [0.25, 0.3) is 0 Å². The molecule has 0 fully saturated rings. The molecule has 0 saturated carbocycles. The van der Waals surface area contributed by atoms with Crippen molar-refractivity contribution in [3.05, 3.63) is 24.3 Å². The summed E-state index contributed by atoms with van der Waals surface area (Å²) >= 11 is 0. The van der Waals surface area contributed by atoms with Crippen LogP contribution in [0.5, 0.6) is 0 Å². The van der Waals surface area contributed by atoms with E-state index in [1.54, 1.807) is 18.2 Å². The van der Waals surface area contributed by atoms with Crippen LogP contribution >= 0.6 is 0 Å². The molecule has 0 aromatic heterocycles. The zero-order valence-corrected chi connectivity index (χ0v) is 12.9. The number of rotatable bonds is 7. The van der Waals surface area contributed by atoms with Gasteiger partial charge in [0.1, 0.15) is 4.90 Å². The predicted octanol–water partition coefficient (Wildman–Crippen LogP) is 2.83. The van der Waals surface area contributed by atoms with Gasteiger partial charge in [-0.2, -0.15) is 0 Å². The lowest BCUT2D eigenvalue weighted by molar-refractivity contribution is 0.476. The average Bonchev–Trinajstić information content (AvgIpc) is 2.36. The quantitative estimate of drug-likeness (QED) is 0.809. The molecule has 2 N–H and O–H groups in total. The van der Waals surface area contributed by atoms with E-state index < -0.39 is 10.0 Å². The summed E-state index contributed by atoms with van der Waals surface area (Å²) < 4.78 is 27.5. The zero-order chi connectivity index (χ0) is 14.5. The van der Waals surface area contributed by atoms with Gasteiger partial charge in [0.05, 0.1) is 5.69 Å². The minimum Gasteiger partial charge on any atom is -0.384 e. The number of hydrogen-bond donors (Lipinski definition) is 2. The molecule has 0 amide bonds. The molecule has 1 atom stereocenters. The molecule has 5 heteroatoms. The highest BCUT2D eigenvalue weighted by Crippen LogP contribution is 2.21. The van der Waals surface area contributed by atoms with E-state index in [0.29, 0.717) is 10.6 Å². The highest BCUT2D eigenvalue weighted by Gasteiger charge is 2.21. The van der Waals surface area contributed by atoms with Crippen molar-refractivity contribution in [2.75, 3.05) is 11.9 Å². The Balaban J connectivity index is 3.00. The van der Waals surface area contributed by atoms with E-state index in [4.69, 9.17) is 0 Å². The monoisotopic (exact) mass is 284 g/mol. The van der Waals surface area contributed by atoms with Gasteiger partial charge in [0, 0.05) is 12.6 Å². The van der Waals surface area contributed by atoms with Crippen LogP contribution in [-0.2, 0) is 10.0 Å². The van der Waals surface area contributed by atoms with Crippen molar-refractivity contribution < 1.29 is 8.42 Å². The highest BCUT2D eigenvalue weighted by molar-refractivity contribution is 7.89. The number of sulfonamides is 1. The summed E-state index contributed by atoms with van der Waals surface area (Å²) in [7, 11) is -3.48. The second-order valence-corrected chi connectivity index (χ2v) is 6.76. The lowest BCUT2D eigenvalue weighted by atomic mass is 10.1. The normalized spacial score (nSPS) is 13.5. The van der Waals surface area contributed by atoms with Gasteiger partial charge in [-0.05, 0) is 31.4 Å². The molecular weight excluding hydrogens is 260 g/mol. The zero-order valence-electron chi connectivity index (χ0n) is 12.1. The Kier molecular flexibility index (Phi) is 5.82. The van der Waals surface area contributed by atoms with Crippen LogP contribution < -0.4 is 10.0 Å². The molecule has 19 heavy (non-hydrogen) atoms. The molecular formula is C14H24N2O2S. The maximum absolute atomic E-state index is 12.4. The molecule has 0 aliphatic heterocycles. The molecule has 1 aromatic rings. The fourth-order valence-electron chi connectivity index (χ4n) is 1.55. The second-order valence-electron chi connectivity index (χ2n) is 5.08. The number of benzene rings is 1. The molecule has 1 rings (SSSR count). The van der Waals surface area contributed by atoms with Crippen molar-refractivity contribution in [2.45, 2.75) is 45.1 Å². The maximum Gasteiger partial charge on any atom is 0.242 e. The summed E-state index contributed by atoms with van der Waals surface area (Å²) in [6.07, 6.45) is 0.949. The van der Waals surface area contributed by atoms with Gasteiger partial charge in [-0.25, -0.2) is 13.1 Å². The van der Waals surface area contributed by atoms with Gasteiger partial charge in [-0.3, -0.25) is 0 Å². The maximum atomic E-state index is 12.4. The minimum absolute atomic E-state index is 0.0933. The van der Waals surface area contributed by atoms with Crippen LogP contribution in [0, 0.1) is 5.92 Å². The summed E-state index contributed by atoms with van der Waals surface area (Å²) in [6.45, 7) is 8.67.